The Kier molecular flexibility index (Phi) is 5.00. The summed E-state index contributed by atoms with van der Waals surface area (Å²) in [4.78, 5) is 28.9. The van der Waals surface area contributed by atoms with Gasteiger partial charge in [0.2, 0.25) is 11.9 Å². The van der Waals surface area contributed by atoms with Crippen LogP contribution in [0, 0.1) is 5.41 Å². The highest BCUT2D eigenvalue weighted by atomic mass is 16.6. The number of aromatic nitrogens is 2. The Labute approximate surface area is 152 Å². The van der Waals surface area contributed by atoms with Crippen LogP contribution in [0.5, 0.6) is 0 Å². The van der Waals surface area contributed by atoms with Crippen LogP contribution in [0.15, 0.2) is 18.2 Å². The number of nitrogens with one attached hydrogen (secondary N) is 1. The maximum absolute atomic E-state index is 12.4. The van der Waals surface area contributed by atoms with Gasteiger partial charge in [0.15, 0.2) is 6.79 Å². The van der Waals surface area contributed by atoms with Gasteiger partial charge in [-0.15, -0.1) is 0 Å². The summed E-state index contributed by atoms with van der Waals surface area (Å²) in [7, 11) is 0. The number of carbonyl (C=O) groups excluding carboxylic acids is 2. The molecule has 7 nitrogen and oxygen atoms in total. The number of aliphatic hydroxyl groups is 1. The molecule has 1 aromatic heterocycles. The monoisotopic (exact) mass is 359 g/mol. The smallest absolute Gasteiger partial charge is 0.340 e. The third kappa shape index (κ3) is 3.88. The van der Waals surface area contributed by atoms with Crippen LogP contribution < -0.4 is 5.32 Å². The molecule has 1 aliphatic rings. The number of anilines is 1. The van der Waals surface area contributed by atoms with Crippen molar-refractivity contribution < 1.29 is 19.4 Å². The zero-order valence-corrected chi connectivity index (χ0v) is 15.4. The van der Waals surface area contributed by atoms with Crippen molar-refractivity contribution in [2.24, 2.45) is 5.41 Å². The number of amides is 1. The molecule has 7 heteroatoms. The first-order valence-corrected chi connectivity index (χ1v) is 8.88. The molecule has 1 aromatic carbocycles. The molecule has 1 saturated carbocycles. The molecule has 0 saturated heterocycles. The lowest BCUT2D eigenvalue weighted by Crippen LogP contribution is -2.24. The van der Waals surface area contributed by atoms with Crippen molar-refractivity contribution in [1.29, 1.82) is 0 Å². The Bertz CT molecular complexity index is 831. The standard InChI is InChI=1S/C19H25N3O4/c1-19(2,3)10-16(24)21-18-20-14-8-7-12(17(25)26-11-23)9-15(14)22(18)13-5-4-6-13/h7-9,13,23H,4-6,10-11H2,1-3H3,(H,20,21,24). The number of aliphatic hydroxyl groups excluding tert-OH is 1. The fraction of sp³-hybridized carbons (Fsp3) is 0.526. The van der Waals surface area contributed by atoms with Gasteiger partial charge in [0.1, 0.15) is 0 Å². The molecule has 1 amide bonds. The molecule has 0 bridgehead atoms. The fourth-order valence-electron chi connectivity index (χ4n) is 3.12. The number of imidazole rings is 1. The van der Waals surface area contributed by atoms with Crippen LogP contribution in [0.2, 0.25) is 0 Å². The van der Waals surface area contributed by atoms with Gasteiger partial charge in [0.05, 0.1) is 16.6 Å². The molecule has 0 radical (unpaired) electrons. The molecule has 140 valence electrons. The van der Waals surface area contributed by atoms with Gasteiger partial charge in [-0.3, -0.25) is 10.1 Å². The largest absolute Gasteiger partial charge is 0.435 e. The van der Waals surface area contributed by atoms with Gasteiger partial charge in [-0.2, -0.15) is 0 Å². The number of fused-ring (bicyclic) bond motifs is 1. The summed E-state index contributed by atoms with van der Waals surface area (Å²) in [6.45, 7) is 5.38. The number of ether oxygens (including phenoxy) is 1. The predicted octanol–water partition coefficient (Wildman–Crippen LogP) is 3.24. The van der Waals surface area contributed by atoms with Crippen molar-refractivity contribution in [3.8, 4) is 0 Å². The molecule has 0 unspecified atom stereocenters. The summed E-state index contributed by atoms with van der Waals surface area (Å²) < 4.78 is 6.67. The van der Waals surface area contributed by atoms with E-state index >= 15 is 0 Å². The normalized spacial score (nSPS) is 14.9. The highest BCUT2D eigenvalue weighted by Crippen LogP contribution is 2.37. The predicted molar refractivity (Wildman–Crippen MR) is 97.8 cm³/mol. The minimum absolute atomic E-state index is 0.0757. The summed E-state index contributed by atoms with van der Waals surface area (Å²) in [5.41, 5.74) is 1.73. The quantitative estimate of drug-likeness (QED) is 0.631. The van der Waals surface area contributed by atoms with E-state index < -0.39 is 12.8 Å². The number of hydrogen-bond acceptors (Lipinski definition) is 5. The lowest BCUT2D eigenvalue weighted by atomic mass is 9.92. The topological polar surface area (TPSA) is 93.5 Å². The minimum Gasteiger partial charge on any atom is -0.435 e. The van der Waals surface area contributed by atoms with Crippen LogP contribution >= 0.6 is 0 Å². The van der Waals surface area contributed by atoms with Crippen molar-refractivity contribution in [3.05, 3.63) is 23.8 Å². The fourth-order valence-corrected chi connectivity index (χ4v) is 3.12. The van der Waals surface area contributed by atoms with Crippen molar-refractivity contribution in [2.75, 3.05) is 12.1 Å². The summed E-state index contributed by atoms with van der Waals surface area (Å²) in [5, 5.41) is 11.7. The van der Waals surface area contributed by atoms with E-state index in [4.69, 9.17) is 5.11 Å². The molecule has 0 atom stereocenters. The van der Waals surface area contributed by atoms with E-state index in [9.17, 15) is 9.59 Å². The lowest BCUT2D eigenvalue weighted by Gasteiger charge is -2.29. The number of rotatable bonds is 5. The number of hydrogen-bond donors (Lipinski definition) is 2. The molecular weight excluding hydrogens is 334 g/mol. The van der Waals surface area contributed by atoms with Crippen molar-refractivity contribution in [2.45, 2.75) is 52.5 Å². The summed E-state index contributed by atoms with van der Waals surface area (Å²) in [6, 6.07) is 5.31. The van der Waals surface area contributed by atoms with Crippen LogP contribution in [-0.2, 0) is 9.53 Å². The highest BCUT2D eigenvalue weighted by molar-refractivity contribution is 5.96. The van der Waals surface area contributed by atoms with Gasteiger partial charge >= 0.3 is 5.97 Å². The van der Waals surface area contributed by atoms with E-state index in [0.717, 1.165) is 24.8 Å². The maximum Gasteiger partial charge on any atom is 0.340 e. The summed E-state index contributed by atoms with van der Waals surface area (Å²) in [5.74, 6) is -0.144. The molecular formula is C19H25N3O4. The molecule has 26 heavy (non-hydrogen) atoms. The van der Waals surface area contributed by atoms with Crippen LogP contribution in [0.25, 0.3) is 11.0 Å². The van der Waals surface area contributed by atoms with E-state index in [1.807, 2.05) is 25.3 Å². The zero-order chi connectivity index (χ0) is 18.9. The third-order valence-corrected chi connectivity index (χ3v) is 4.50. The molecule has 1 fully saturated rings. The molecule has 3 rings (SSSR count). The zero-order valence-electron chi connectivity index (χ0n) is 15.4. The SMILES string of the molecule is CC(C)(C)CC(=O)Nc1nc2ccc(C(=O)OCO)cc2n1C1CCC1. The van der Waals surface area contributed by atoms with E-state index in [2.05, 4.69) is 15.0 Å². The maximum atomic E-state index is 12.4. The Morgan fingerprint density at radius 2 is 2.08 bits per heavy atom. The van der Waals surface area contributed by atoms with Crippen molar-refractivity contribution >= 4 is 28.9 Å². The molecule has 0 aliphatic heterocycles. The molecule has 1 aliphatic carbocycles. The molecule has 2 N–H and O–H groups in total. The Morgan fingerprint density at radius 3 is 2.65 bits per heavy atom. The highest BCUT2D eigenvalue weighted by Gasteiger charge is 2.27. The van der Waals surface area contributed by atoms with Crippen molar-refractivity contribution in [1.82, 2.24) is 9.55 Å². The van der Waals surface area contributed by atoms with Crippen LogP contribution in [-0.4, -0.2) is 33.3 Å². The Balaban J connectivity index is 1.97. The summed E-state index contributed by atoms with van der Waals surface area (Å²) >= 11 is 0. The first kappa shape index (κ1) is 18.4. The lowest BCUT2D eigenvalue weighted by molar-refractivity contribution is -0.117. The number of benzene rings is 1. The number of nitrogens with zero attached hydrogens (tertiary/aromatic N) is 2. The minimum atomic E-state index is -0.660. The molecule has 2 aromatic rings. The first-order chi connectivity index (χ1) is 12.3. The Morgan fingerprint density at radius 1 is 1.35 bits per heavy atom. The van der Waals surface area contributed by atoms with E-state index in [1.54, 1.807) is 18.2 Å². The second kappa shape index (κ2) is 7.07. The van der Waals surface area contributed by atoms with E-state index in [-0.39, 0.29) is 17.4 Å². The second-order valence-electron chi connectivity index (χ2n) is 7.94. The van der Waals surface area contributed by atoms with E-state index in [0.29, 0.717) is 23.4 Å². The van der Waals surface area contributed by atoms with Crippen LogP contribution in [0.4, 0.5) is 5.95 Å². The van der Waals surface area contributed by atoms with Gasteiger partial charge in [-0.1, -0.05) is 20.8 Å². The Hall–Kier alpha value is -2.41. The van der Waals surface area contributed by atoms with Gasteiger partial charge in [-0.25, -0.2) is 9.78 Å². The van der Waals surface area contributed by atoms with Crippen LogP contribution in [0.3, 0.4) is 0 Å². The van der Waals surface area contributed by atoms with Crippen LogP contribution in [0.1, 0.15) is 62.9 Å². The van der Waals surface area contributed by atoms with Crippen molar-refractivity contribution in [3.63, 3.8) is 0 Å². The summed E-state index contributed by atoms with van der Waals surface area (Å²) in [6.07, 6.45) is 3.55. The third-order valence-electron chi connectivity index (χ3n) is 4.50. The first-order valence-electron chi connectivity index (χ1n) is 8.88. The second-order valence-corrected chi connectivity index (χ2v) is 7.94. The average molecular weight is 359 g/mol. The van der Waals surface area contributed by atoms with Gasteiger partial charge < -0.3 is 14.4 Å². The van der Waals surface area contributed by atoms with E-state index in [1.165, 1.54) is 0 Å². The number of carbonyl (C=O) groups is 2. The van der Waals surface area contributed by atoms with Gasteiger partial charge in [0, 0.05) is 12.5 Å². The number of esters is 1. The van der Waals surface area contributed by atoms with Gasteiger partial charge in [-0.05, 0) is 42.9 Å². The molecule has 0 spiro atoms. The van der Waals surface area contributed by atoms with Gasteiger partial charge in [0.25, 0.3) is 0 Å². The average Bonchev–Trinajstić information content (AvgIpc) is 2.81. The molecule has 1 heterocycles.